The van der Waals surface area contributed by atoms with Crippen LogP contribution < -0.4 is 5.32 Å². The number of hydrogen-bond acceptors (Lipinski definition) is 1. The fraction of sp³-hybridized carbons (Fsp3) is 1.00. The van der Waals surface area contributed by atoms with Gasteiger partial charge in [0.2, 0.25) is 0 Å². The predicted octanol–water partition coefficient (Wildman–Crippen LogP) is 2.16. The van der Waals surface area contributed by atoms with Gasteiger partial charge in [-0.05, 0) is 30.7 Å². The quantitative estimate of drug-likeness (QED) is 0.614. The lowest BCUT2D eigenvalue weighted by atomic mass is 9.57. The van der Waals surface area contributed by atoms with E-state index in [0.717, 1.165) is 16.8 Å². The molecule has 3 atom stereocenters. The largest absolute Gasteiger partial charge is 0.313 e. The molecule has 1 N–H and O–H groups in total. The van der Waals surface area contributed by atoms with E-state index in [2.05, 4.69) is 35.1 Å². The Labute approximate surface area is 77.1 Å². The van der Waals surface area contributed by atoms with Crippen molar-refractivity contribution < 1.29 is 0 Å². The molecule has 1 nitrogen and oxygen atoms in total. The summed E-state index contributed by atoms with van der Waals surface area (Å²) < 4.78 is 0. The zero-order valence-corrected chi connectivity index (χ0v) is 8.82. The third-order valence-corrected chi connectivity index (χ3v) is 5.25. The lowest BCUT2D eigenvalue weighted by Gasteiger charge is -2.58. The molecule has 2 fully saturated rings. The molecule has 2 heteroatoms. The van der Waals surface area contributed by atoms with Gasteiger partial charge in [0.25, 0.3) is 0 Å². The van der Waals surface area contributed by atoms with E-state index < -0.39 is 0 Å². The van der Waals surface area contributed by atoms with Gasteiger partial charge in [-0.15, -0.1) is 0 Å². The van der Waals surface area contributed by atoms with Crippen LogP contribution in [-0.2, 0) is 0 Å². The van der Waals surface area contributed by atoms with Crippen molar-refractivity contribution >= 4 is 15.9 Å². The van der Waals surface area contributed by atoms with E-state index in [1.54, 1.807) is 0 Å². The van der Waals surface area contributed by atoms with Gasteiger partial charge in [0.05, 0.1) is 0 Å². The van der Waals surface area contributed by atoms with Crippen LogP contribution in [0.2, 0.25) is 0 Å². The first-order chi connectivity index (χ1) is 5.14. The van der Waals surface area contributed by atoms with Gasteiger partial charge in [0.1, 0.15) is 0 Å². The molecule has 64 valence electrons. The Hall–Kier alpha value is 0.440. The first kappa shape index (κ1) is 8.06. The third-order valence-electron chi connectivity index (χ3n) is 3.39. The average Bonchev–Trinajstić information content (AvgIpc) is 2.04. The van der Waals surface area contributed by atoms with Crippen molar-refractivity contribution in [1.82, 2.24) is 5.32 Å². The fourth-order valence-corrected chi connectivity index (χ4v) is 3.50. The molecule has 2 rings (SSSR count). The van der Waals surface area contributed by atoms with E-state index >= 15 is 0 Å². The topological polar surface area (TPSA) is 12.0 Å². The number of alkyl halides is 1. The molecule has 0 radical (unpaired) electrons. The summed E-state index contributed by atoms with van der Waals surface area (Å²) >= 11 is 3.78. The molecule has 1 aliphatic heterocycles. The van der Waals surface area contributed by atoms with Crippen molar-refractivity contribution in [2.75, 3.05) is 6.54 Å². The van der Waals surface area contributed by atoms with Crippen molar-refractivity contribution in [3.63, 3.8) is 0 Å². The Balaban J connectivity index is 2.09. The fourth-order valence-electron chi connectivity index (χ4n) is 2.65. The summed E-state index contributed by atoms with van der Waals surface area (Å²) in [5.41, 5.74) is 0.477. The van der Waals surface area contributed by atoms with Crippen molar-refractivity contribution in [2.45, 2.75) is 37.6 Å². The van der Waals surface area contributed by atoms with E-state index in [0.29, 0.717) is 5.41 Å². The van der Waals surface area contributed by atoms with Crippen LogP contribution in [0.5, 0.6) is 0 Å². The minimum absolute atomic E-state index is 0.477. The van der Waals surface area contributed by atoms with Crippen LogP contribution in [0.25, 0.3) is 0 Å². The number of nitrogens with one attached hydrogen (secondary N) is 1. The van der Waals surface area contributed by atoms with Crippen LogP contribution >= 0.6 is 15.9 Å². The predicted molar refractivity (Wildman–Crippen MR) is 51.0 cm³/mol. The molecule has 0 spiro atoms. The Kier molecular flexibility index (Phi) is 1.80. The van der Waals surface area contributed by atoms with E-state index in [9.17, 15) is 0 Å². The molecule has 0 aromatic heterocycles. The monoisotopic (exact) mass is 217 g/mol. The summed E-state index contributed by atoms with van der Waals surface area (Å²) in [4.78, 5) is 0.743. The van der Waals surface area contributed by atoms with Crippen molar-refractivity contribution in [1.29, 1.82) is 0 Å². The summed E-state index contributed by atoms with van der Waals surface area (Å²) in [6.07, 6.45) is 2.77. The maximum Gasteiger partial charge on any atom is 0.0255 e. The summed E-state index contributed by atoms with van der Waals surface area (Å²) in [7, 11) is 0. The van der Waals surface area contributed by atoms with E-state index in [1.165, 1.54) is 19.4 Å². The summed E-state index contributed by atoms with van der Waals surface area (Å²) in [6, 6.07) is 0.778. The zero-order valence-electron chi connectivity index (χ0n) is 7.23. The Morgan fingerprint density at radius 1 is 1.45 bits per heavy atom. The zero-order chi connectivity index (χ0) is 8.06. The second-order valence-electron chi connectivity index (χ2n) is 4.46. The van der Waals surface area contributed by atoms with Crippen LogP contribution in [0, 0.1) is 11.3 Å². The Bertz CT molecular complexity index is 167. The van der Waals surface area contributed by atoms with Gasteiger partial charge in [-0.25, -0.2) is 0 Å². The van der Waals surface area contributed by atoms with Crippen molar-refractivity contribution in [3.05, 3.63) is 0 Å². The van der Waals surface area contributed by atoms with Gasteiger partial charge in [0, 0.05) is 10.9 Å². The molecular weight excluding hydrogens is 202 g/mol. The minimum atomic E-state index is 0.477. The van der Waals surface area contributed by atoms with Crippen LogP contribution in [0.15, 0.2) is 0 Å². The van der Waals surface area contributed by atoms with E-state index in [4.69, 9.17) is 0 Å². The second kappa shape index (κ2) is 2.46. The Morgan fingerprint density at radius 3 is 2.82 bits per heavy atom. The summed E-state index contributed by atoms with van der Waals surface area (Å²) in [5, 5.41) is 3.61. The van der Waals surface area contributed by atoms with Crippen LogP contribution in [-0.4, -0.2) is 17.4 Å². The molecule has 0 amide bonds. The highest BCUT2D eigenvalue weighted by Crippen LogP contribution is 2.52. The minimum Gasteiger partial charge on any atom is -0.313 e. The standard InChI is InChI=1S/C9H16BrN/c1-9(2)7(10)6-4-3-5-11-8(6)9/h6-8,11H,3-5H2,1-2H3. The maximum atomic E-state index is 3.78. The average molecular weight is 218 g/mol. The molecule has 3 unspecified atom stereocenters. The third kappa shape index (κ3) is 0.988. The highest BCUT2D eigenvalue weighted by molar-refractivity contribution is 9.09. The molecule has 11 heavy (non-hydrogen) atoms. The first-order valence-corrected chi connectivity index (χ1v) is 5.43. The van der Waals surface area contributed by atoms with Gasteiger partial charge >= 0.3 is 0 Å². The molecule has 0 bridgehead atoms. The van der Waals surface area contributed by atoms with Gasteiger partial charge in [-0.1, -0.05) is 29.8 Å². The highest BCUT2D eigenvalue weighted by atomic mass is 79.9. The van der Waals surface area contributed by atoms with Crippen molar-refractivity contribution in [3.8, 4) is 0 Å². The number of halogens is 1. The van der Waals surface area contributed by atoms with E-state index in [-0.39, 0.29) is 0 Å². The number of piperidine rings is 1. The molecule has 0 aromatic rings. The SMILES string of the molecule is CC1(C)C(Br)C2CCCNC21. The van der Waals surface area contributed by atoms with Crippen molar-refractivity contribution in [2.24, 2.45) is 11.3 Å². The number of rotatable bonds is 0. The molecule has 1 saturated heterocycles. The number of fused-ring (bicyclic) bond motifs is 1. The van der Waals surface area contributed by atoms with Crippen LogP contribution in [0.3, 0.4) is 0 Å². The molecule has 1 heterocycles. The summed E-state index contributed by atoms with van der Waals surface area (Å²) in [6.45, 7) is 5.93. The van der Waals surface area contributed by atoms with Gasteiger partial charge in [0.15, 0.2) is 0 Å². The van der Waals surface area contributed by atoms with Gasteiger partial charge in [-0.2, -0.15) is 0 Å². The molecule has 1 aliphatic carbocycles. The smallest absolute Gasteiger partial charge is 0.0255 e. The lowest BCUT2D eigenvalue weighted by molar-refractivity contribution is 0.0181. The van der Waals surface area contributed by atoms with Crippen LogP contribution in [0.4, 0.5) is 0 Å². The van der Waals surface area contributed by atoms with E-state index in [1.807, 2.05) is 0 Å². The van der Waals surface area contributed by atoms with Gasteiger partial charge in [-0.3, -0.25) is 0 Å². The van der Waals surface area contributed by atoms with Gasteiger partial charge < -0.3 is 5.32 Å². The summed E-state index contributed by atoms with van der Waals surface area (Å²) in [5.74, 6) is 0.902. The normalized spacial score (nSPS) is 47.7. The lowest BCUT2D eigenvalue weighted by Crippen LogP contribution is -2.67. The molecule has 1 saturated carbocycles. The molecule has 0 aromatic carbocycles. The highest BCUT2D eigenvalue weighted by Gasteiger charge is 2.55. The second-order valence-corrected chi connectivity index (χ2v) is 5.45. The van der Waals surface area contributed by atoms with Crippen LogP contribution in [0.1, 0.15) is 26.7 Å². The molecular formula is C9H16BrN. The molecule has 2 aliphatic rings. The maximum absolute atomic E-state index is 3.78. The number of hydrogen-bond donors (Lipinski definition) is 1. The Morgan fingerprint density at radius 2 is 2.18 bits per heavy atom. The first-order valence-electron chi connectivity index (χ1n) is 4.51.